The molecule has 1 fully saturated rings. The topological polar surface area (TPSA) is 104 Å². The number of pyridine rings is 1. The molecule has 0 saturated carbocycles. The van der Waals surface area contributed by atoms with Crippen LogP contribution in [0.25, 0.3) is 0 Å². The second-order valence-corrected chi connectivity index (χ2v) is 21.8. The quantitative estimate of drug-likeness (QED) is 0.173. The Balaban J connectivity index is 2.86. The van der Waals surface area contributed by atoms with E-state index in [2.05, 4.69) is 57.2 Å². The molecule has 2 heterocycles. The zero-order valence-electron chi connectivity index (χ0n) is 22.4. The average Bonchev–Trinajstić information content (AvgIpc) is 2.83. The molecular formula is C24H41BrF2N4O2S2Si. The van der Waals surface area contributed by atoms with Gasteiger partial charge in [0.05, 0.1) is 14.1 Å². The maximum Gasteiger partial charge on any atom is 0.147 e. The second-order valence-electron chi connectivity index (χ2n) is 10.9. The van der Waals surface area contributed by atoms with Crippen LogP contribution in [-0.2, 0) is 16.9 Å². The van der Waals surface area contributed by atoms with Gasteiger partial charge in [0.15, 0.2) is 0 Å². The molecule has 4 atom stereocenters. The molecule has 0 aliphatic carbocycles. The number of halogens is 3. The molecule has 1 aromatic rings. The summed E-state index contributed by atoms with van der Waals surface area (Å²) in [5.41, 5.74) is -2.12. The molecule has 206 valence electrons. The molecular weight excluding hydrogens is 586 g/mol. The van der Waals surface area contributed by atoms with Gasteiger partial charge in [0.25, 0.3) is 0 Å². The van der Waals surface area contributed by atoms with Crippen LogP contribution < -0.4 is 14.6 Å². The van der Waals surface area contributed by atoms with Gasteiger partial charge in [0.1, 0.15) is 37.8 Å². The van der Waals surface area contributed by atoms with E-state index in [1.807, 2.05) is 0 Å². The molecule has 0 bridgehead atoms. The molecule has 1 saturated heterocycles. The summed E-state index contributed by atoms with van der Waals surface area (Å²) in [5, 5.41) is 10.5. The molecule has 3 N–H and O–H groups in total. The Kier molecular flexibility index (Phi) is 10.5. The number of rotatable bonds is 10. The molecule has 0 spiro atoms. The van der Waals surface area contributed by atoms with Crippen LogP contribution in [0.15, 0.2) is 10.7 Å². The van der Waals surface area contributed by atoms with Crippen molar-refractivity contribution in [2.24, 2.45) is 0 Å². The number of hydrogen-bond acceptors (Lipinski definition) is 6. The van der Waals surface area contributed by atoms with Crippen molar-refractivity contribution in [1.82, 2.24) is 14.4 Å². The predicted octanol–water partition coefficient (Wildman–Crippen LogP) is 5.77. The third-order valence-corrected chi connectivity index (χ3v) is 18.7. The Morgan fingerprint density at radius 3 is 2.42 bits per heavy atom. The van der Waals surface area contributed by atoms with Crippen LogP contribution in [-0.4, -0.2) is 50.6 Å². The van der Waals surface area contributed by atoms with E-state index in [4.69, 9.17) is 0 Å². The molecule has 0 unspecified atom stereocenters. The SMILES string of the molecule is CC[Si](CC)(CC)c1cc(Br)nc([C@](CF)(C[S@]2(O)NCCC[C@]2(C)C#N)N[S@+]([O-])C(C)(C)C)c1F. The summed E-state index contributed by atoms with van der Waals surface area (Å²) < 4.78 is 61.5. The highest BCUT2D eigenvalue weighted by Crippen LogP contribution is 2.59. The molecule has 0 amide bonds. The highest BCUT2D eigenvalue weighted by Gasteiger charge is 2.55. The van der Waals surface area contributed by atoms with Crippen LogP contribution in [0, 0.1) is 17.1 Å². The van der Waals surface area contributed by atoms with E-state index in [0.717, 1.165) is 18.1 Å². The fourth-order valence-electron chi connectivity index (χ4n) is 4.82. The van der Waals surface area contributed by atoms with Crippen LogP contribution in [0.2, 0.25) is 18.1 Å². The Labute approximate surface area is 229 Å². The first kappa shape index (κ1) is 32.0. The molecule has 1 aliphatic heterocycles. The zero-order valence-corrected chi connectivity index (χ0v) is 26.7. The summed E-state index contributed by atoms with van der Waals surface area (Å²) in [6.45, 7) is 12.3. The van der Waals surface area contributed by atoms with Crippen molar-refractivity contribution < 1.29 is 17.9 Å². The maximum absolute atomic E-state index is 16.6. The Morgan fingerprint density at radius 1 is 1.36 bits per heavy atom. The van der Waals surface area contributed by atoms with Gasteiger partial charge in [-0.2, -0.15) is 5.26 Å². The van der Waals surface area contributed by atoms with Crippen molar-refractivity contribution in [3.8, 4) is 6.07 Å². The van der Waals surface area contributed by atoms with Crippen LogP contribution in [0.3, 0.4) is 0 Å². The lowest BCUT2D eigenvalue weighted by Crippen LogP contribution is -2.60. The van der Waals surface area contributed by atoms with E-state index in [0.29, 0.717) is 29.2 Å². The number of nitriles is 1. The third-order valence-electron chi connectivity index (χ3n) is 7.66. The van der Waals surface area contributed by atoms with Crippen molar-refractivity contribution in [2.45, 2.75) is 94.5 Å². The first-order valence-electron chi connectivity index (χ1n) is 12.4. The van der Waals surface area contributed by atoms with E-state index >= 15 is 8.78 Å². The summed E-state index contributed by atoms with van der Waals surface area (Å²) in [5.74, 6) is -0.954. The fraction of sp³-hybridized carbons (Fsp3) is 0.750. The van der Waals surface area contributed by atoms with Crippen LogP contribution in [0.1, 0.15) is 67.0 Å². The van der Waals surface area contributed by atoms with Gasteiger partial charge in [-0.1, -0.05) is 49.4 Å². The lowest BCUT2D eigenvalue weighted by atomic mass is 9.99. The fourth-order valence-corrected chi connectivity index (χ4v) is 12.9. The van der Waals surface area contributed by atoms with E-state index in [1.165, 1.54) is 0 Å². The molecule has 12 heteroatoms. The Bertz CT molecular complexity index is 970. The van der Waals surface area contributed by atoms with Crippen molar-refractivity contribution in [2.75, 3.05) is 19.0 Å². The van der Waals surface area contributed by atoms with Crippen LogP contribution in [0.5, 0.6) is 0 Å². The summed E-state index contributed by atoms with van der Waals surface area (Å²) in [7, 11) is -5.26. The monoisotopic (exact) mass is 626 g/mol. The van der Waals surface area contributed by atoms with Gasteiger partial charge in [-0.05, 0) is 67.7 Å². The number of hydrogen-bond donors (Lipinski definition) is 3. The van der Waals surface area contributed by atoms with Crippen molar-refractivity contribution >= 4 is 51.0 Å². The van der Waals surface area contributed by atoms with Gasteiger partial charge < -0.3 is 9.11 Å². The van der Waals surface area contributed by atoms with Crippen LogP contribution in [0.4, 0.5) is 8.78 Å². The summed E-state index contributed by atoms with van der Waals surface area (Å²) >= 11 is 1.61. The molecule has 1 aliphatic rings. The van der Waals surface area contributed by atoms with E-state index in [9.17, 15) is 14.4 Å². The molecule has 36 heavy (non-hydrogen) atoms. The first-order valence-corrected chi connectivity index (χ1v) is 18.8. The summed E-state index contributed by atoms with van der Waals surface area (Å²) in [6.07, 6.45) is 1.10. The number of nitrogens with one attached hydrogen (secondary N) is 2. The molecule has 6 nitrogen and oxygen atoms in total. The standard InChI is InChI=1S/C24H41BrF2N4O2S2Si/c1-8-36(9-2,10-3)18-14-19(25)30-21(20(18)27)24(15-26,31-34(32)22(4,5)6)17-35(33)23(7,16-28)12-11-13-29-35/h14,29,31,33H,8-13,15,17H2,1-7H3/t23-,24+,34-/m1/s1. The third kappa shape index (κ3) is 5.98. The normalized spacial score (nSPS) is 25.8. The van der Waals surface area contributed by atoms with Gasteiger partial charge in [-0.15, -0.1) is 4.72 Å². The highest BCUT2D eigenvalue weighted by atomic mass is 79.9. The maximum atomic E-state index is 16.6. The van der Waals surface area contributed by atoms with E-state index in [1.54, 1.807) is 33.8 Å². The molecule has 0 radical (unpaired) electrons. The Morgan fingerprint density at radius 2 is 1.94 bits per heavy atom. The zero-order chi connectivity index (χ0) is 27.6. The van der Waals surface area contributed by atoms with E-state index in [-0.39, 0.29) is 11.4 Å². The van der Waals surface area contributed by atoms with Gasteiger partial charge in [-0.25, -0.2) is 13.8 Å². The van der Waals surface area contributed by atoms with Crippen molar-refractivity contribution in [1.29, 1.82) is 5.26 Å². The smallest absolute Gasteiger partial charge is 0.147 e. The van der Waals surface area contributed by atoms with Crippen molar-refractivity contribution in [3.05, 3.63) is 22.2 Å². The molecule has 1 aromatic heterocycles. The van der Waals surface area contributed by atoms with Crippen molar-refractivity contribution in [3.63, 3.8) is 0 Å². The van der Waals surface area contributed by atoms with Gasteiger partial charge in [0, 0.05) is 23.7 Å². The largest absolute Gasteiger partial charge is 0.598 e. The van der Waals surface area contributed by atoms with Gasteiger partial charge >= 0.3 is 0 Å². The number of alkyl halides is 1. The summed E-state index contributed by atoms with van der Waals surface area (Å²) in [6, 6.07) is 6.34. The lowest BCUT2D eigenvalue weighted by molar-refractivity contribution is 0.288. The lowest BCUT2D eigenvalue weighted by Gasteiger charge is -2.52. The minimum atomic E-state index is -2.99. The van der Waals surface area contributed by atoms with E-state index < -0.39 is 57.5 Å². The van der Waals surface area contributed by atoms with Crippen LogP contribution >= 0.6 is 26.4 Å². The highest BCUT2D eigenvalue weighted by molar-refractivity contribution is 9.10. The van der Waals surface area contributed by atoms with Gasteiger partial charge in [0.2, 0.25) is 0 Å². The Hall–Kier alpha value is -0.263. The predicted molar refractivity (Wildman–Crippen MR) is 154 cm³/mol. The summed E-state index contributed by atoms with van der Waals surface area (Å²) in [4.78, 5) is 4.42. The number of nitrogens with zero attached hydrogens (tertiary/aromatic N) is 2. The minimum absolute atomic E-state index is 0.201. The minimum Gasteiger partial charge on any atom is -0.598 e. The number of aromatic nitrogens is 1. The molecule has 0 aromatic carbocycles. The molecule has 2 rings (SSSR count). The second kappa shape index (κ2) is 11.9. The van der Waals surface area contributed by atoms with Gasteiger partial charge in [-0.3, -0.25) is 4.72 Å². The average molecular weight is 628 g/mol. The first-order chi connectivity index (χ1) is 16.6.